The van der Waals surface area contributed by atoms with E-state index in [1.54, 1.807) is 0 Å². The molecule has 0 amide bonds. The van der Waals surface area contributed by atoms with Crippen LogP contribution in [0.5, 0.6) is 0 Å². The average molecular weight is 394 g/mol. The van der Waals surface area contributed by atoms with Crippen molar-refractivity contribution in [1.29, 1.82) is 0 Å². The molecule has 2 aromatic rings. The lowest BCUT2D eigenvalue weighted by Gasteiger charge is -2.33. The first kappa shape index (κ1) is 20.3. The summed E-state index contributed by atoms with van der Waals surface area (Å²) in [6.45, 7) is 12.5. The maximum atomic E-state index is 4.75. The van der Waals surface area contributed by atoms with Gasteiger partial charge in [-0.05, 0) is 88.5 Å². The first-order chi connectivity index (χ1) is 14.2. The van der Waals surface area contributed by atoms with E-state index in [9.17, 15) is 0 Å². The predicted octanol–water partition coefficient (Wildman–Crippen LogP) is 3.71. The average Bonchev–Trinajstić information content (AvgIpc) is 3.16. The van der Waals surface area contributed by atoms with E-state index in [-0.39, 0.29) is 0 Å². The second kappa shape index (κ2) is 9.68. The number of aromatic nitrogens is 2. The van der Waals surface area contributed by atoms with E-state index < -0.39 is 0 Å². The normalized spacial score (nSPS) is 21.5. The molecule has 2 saturated heterocycles. The SMILES string of the molecule is Cc1ccnc(NCCN2CCC(CN3CCC(c4cccc(C)n4)CC3)C2)c1. The van der Waals surface area contributed by atoms with Crippen LogP contribution in [0.4, 0.5) is 5.82 Å². The van der Waals surface area contributed by atoms with Crippen LogP contribution in [0.1, 0.15) is 42.1 Å². The summed E-state index contributed by atoms with van der Waals surface area (Å²) in [5.74, 6) is 2.46. The van der Waals surface area contributed by atoms with Crippen LogP contribution >= 0.6 is 0 Å². The van der Waals surface area contributed by atoms with E-state index in [0.717, 1.165) is 30.5 Å². The molecule has 0 aromatic carbocycles. The number of likely N-dealkylation sites (tertiary alicyclic amines) is 2. The Hall–Kier alpha value is -1.98. The van der Waals surface area contributed by atoms with Crippen molar-refractivity contribution < 1.29 is 0 Å². The number of nitrogens with one attached hydrogen (secondary N) is 1. The number of anilines is 1. The van der Waals surface area contributed by atoms with E-state index >= 15 is 0 Å². The van der Waals surface area contributed by atoms with Gasteiger partial charge in [-0.15, -0.1) is 0 Å². The molecular weight excluding hydrogens is 358 g/mol. The fraction of sp³-hybridized carbons (Fsp3) is 0.583. The van der Waals surface area contributed by atoms with Crippen LogP contribution in [0.15, 0.2) is 36.5 Å². The molecular formula is C24H35N5. The van der Waals surface area contributed by atoms with Crippen molar-refractivity contribution in [2.75, 3.05) is 51.1 Å². The second-order valence-electron chi connectivity index (χ2n) is 8.88. The van der Waals surface area contributed by atoms with Crippen molar-refractivity contribution >= 4 is 5.82 Å². The molecule has 5 heteroatoms. The Bertz CT molecular complexity index is 784. The lowest BCUT2D eigenvalue weighted by molar-refractivity contribution is 0.181. The summed E-state index contributed by atoms with van der Waals surface area (Å²) in [6, 6.07) is 10.6. The van der Waals surface area contributed by atoms with Crippen LogP contribution in [0.2, 0.25) is 0 Å². The molecule has 4 heterocycles. The molecule has 4 rings (SSSR count). The van der Waals surface area contributed by atoms with Crippen molar-refractivity contribution in [3.63, 3.8) is 0 Å². The highest BCUT2D eigenvalue weighted by molar-refractivity contribution is 5.36. The number of hydrogen-bond acceptors (Lipinski definition) is 5. The van der Waals surface area contributed by atoms with Crippen LogP contribution < -0.4 is 5.32 Å². The monoisotopic (exact) mass is 393 g/mol. The quantitative estimate of drug-likeness (QED) is 0.777. The van der Waals surface area contributed by atoms with Gasteiger partial charge in [0.2, 0.25) is 0 Å². The molecule has 156 valence electrons. The largest absolute Gasteiger partial charge is 0.369 e. The molecule has 0 bridgehead atoms. The third-order valence-electron chi connectivity index (χ3n) is 6.45. The molecule has 29 heavy (non-hydrogen) atoms. The topological polar surface area (TPSA) is 44.3 Å². The van der Waals surface area contributed by atoms with E-state index in [4.69, 9.17) is 4.98 Å². The third kappa shape index (κ3) is 5.77. The zero-order chi connectivity index (χ0) is 20.1. The van der Waals surface area contributed by atoms with Gasteiger partial charge in [-0.2, -0.15) is 0 Å². The molecule has 0 radical (unpaired) electrons. The molecule has 0 spiro atoms. The molecule has 2 aromatic heterocycles. The van der Waals surface area contributed by atoms with Gasteiger partial charge >= 0.3 is 0 Å². The summed E-state index contributed by atoms with van der Waals surface area (Å²) < 4.78 is 0. The molecule has 0 aliphatic carbocycles. The summed E-state index contributed by atoms with van der Waals surface area (Å²) in [7, 11) is 0. The number of rotatable bonds is 7. The Morgan fingerprint density at radius 1 is 1.03 bits per heavy atom. The Kier molecular flexibility index (Phi) is 6.78. The Balaban J connectivity index is 1.15. The maximum Gasteiger partial charge on any atom is 0.126 e. The van der Waals surface area contributed by atoms with E-state index in [0.29, 0.717) is 5.92 Å². The van der Waals surface area contributed by atoms with Crippen LogP contribution in [0.25, 0.3) is 0 Å². The molecule has 5 nitrogen and oxygen atoms in total. The van der Waals surface area contributed by atoms with Crippen LogP contribution in [-0.2, 0) is 0 Å². The van der Waals surface area contributed by atoms with Gasteiger partial charge in [-0.1, -0.05) is 6.07 Å². The molecule has 2 aliphatic rings. The van der Waals surface area contributed by atoms with Crippen LogP contribution in [0.3, 0.4) is 0 Å². The van der Waals surface area contributed by atoms with E-state index in [1.807, 2.05) is 12.3 Å². The summed E-state index contributed by atoms with van der Waals surface area (Å²) in [5, 5.41) is 3.46. The Labute approximate surface area is 175 Å². The van der Waals surface area contributed by atoms with Gasteiger partial charge in [0, 0.05) is 49.7 Å². The zero-order valence-electron chi connectivity index (χ0n) is 18.0. The van der Waals surface area contributed by atoms with Crippen molar-refractivity contribution in [3.05, 3.63) is 53.5 Å². The Morgan fingerprint density at radius 3 is 2.66 bits per heavy atom. The molecule has 1 N–H and O–H groups in total. The highest BCUT2D eigenvalue weighted by Crippen LogP contribution is 2.28. The second-order valence-corrected chi connectivity index (χ2v) is 8.88. The van der Waals surface area contributed by atoms with Gasteiger partial charge in [0.15, 0.2) is 0 Å². The Morgan fingerprint density at radius 2 is 1.86 bits per heavy atom. The molecule has 1 atom stereocenters. The fourth-order valence-electron chi connectivity index (χ4n) is 4.81. The van der Waals surface area contributed by atoms with Crippen LogP contribution in [0, 0.1) is 19.8 Å². The van der Waals surface area contributed by atoms with E-state index in [1.165, 1.54) is 63.2 Å². The van der Waals surface area contributed by atoms with Gasteiger partial charge in [-0.25, -0.2) is 4.98 Å². The van der Waals surface area contributed by atoms with Crippen molar-refractivity contribution in [2.45, 2.75) is 39.0 Å². The zero-order valence-corrected chi connectivity index (χ0v) is 18.0. The van der Waals surface area contributed by atoms with Crippen molar-refractivity contribution in [1.82, 2.24) is 19.8 Å². The molecule has 0 saturated carbocycles. The minimum absolute atomic E-state index is 0.646. The molecule has 2 fully saturated rings. The lowest BCUT2D eigenvalue weighted by Crippen LogP contribution is -2.37. The summed E-state index contributed by atoms with van der Waals surface area (Å²) in [5.41, 5.74) is 3.70. The van der Waals surface area contributed by atoms with Gasteiger partial charge in [-0.3, -0.25) is 4.98 Å². The van der Waals surface area contributed by atoms with Gasteiger partial charge in [0.1, 0.15) is 5.82 Å². The smallest absolute Gasteiger partial charge is 0.126 e. The van der Waals surface area contributed by atoms with Gasteiger partial charge in [0.25, 0.3) is 0 Å². The summed E-state index contributed by atoms with van der Waals surface area (Å²) >= 11 is 0. The third-order valence-corrected chi connectivity index (χ3v) is 6.45. The maximum absolute atomic E-state index is 4.75. The van der Waals surface area contributed by atoms with Gasteiger partial charge < -0.3 is 15.1 Å². The lowest BCUT2D eigenvalue weighted by atomic mass is 9.92. The predicted molar refractivity (Wildman–Crippen MR) is 119 cm³/mol. The molecule has 1 unspecified atom stereocenters. The summed E-state index contributed by atoms with van der Waals surface area (Å²) in [6.07, 6.45) is 5.71. The summed E-state index contributed by atoms with van der Waals surface area (Å²) in [4.78, 5) is 14.4. The highest BCUT2D eigenvalue weighted by Gasteiger charge is 2.27. The van der Waals surface area contributed by atoms with Gasteiger partial charge in [0.05, 0.1) is 0 Å². The van der Waals surface area contributed by atoms with Crippen LogP contribution in [-0.4, -0.2) is 65.6 Å². The molecule has 2 aliphatic heterocycles. The number of pyridine rings is 2. The fourth-order valence-corrected chi connectivity index (χ4v) is 4.81. The van der Waals surface area contributed by atoms with E-state index in [2.05, 4.69) is 58.2 Å². The number of nitrogens with zero attached hydrogens (tertiary/aromatic N) is 4. The number of hydrogen-bond donors (Lipinski definition) is 1. The van der Waals surface area contributed by atoms with Crippen molar-refractivity contribution in [2.24, 2.45) is 5.92 Å². The van der Waals surface area contributed by atoms with Crippen molar-refractivity contribution in [3.8, 4) is 0 Å². The number of aryl methyl sites for hydroxylation is 2. The standard InChI is InChI=1S/C24H35N5/c1-19-6-10-25-24(16-19)26-11-15-29-12-7-21(18-29)17-28-13-8-22(9-14-28)23-5-3-4-20(2)27-23/h3-6,10,16,21-22H,7-9,11-15,17-18H2,1-2H3,(H,25,26). The minimum atomic E-state index is 0.646. The first-order valence-corrected chi connectivity index (χ1v) is 11.2. The highest BCUT2D eigenvalue weighted by atomic mass is 15.2. The number of piperidine rings is 1. The minimum Gasteiger partial charge on any atom is -0.369 e. The first-order valence-electron chi connectivity index (χ1n) is 11.2.